The molecule has 0 spiro atoms. The molecule has 1 atom stereocenters. The Morgan fingerprint density at radius 1 is 0.478 bits per heavy atom. The van der Waals surface area contributed by atoms with E-state index >= 15 is 0 Å². The minimum atomic E-state index is 0.533. The normalized spacial score (nSPS) is 14.2. The van der Waals surface area contributed by atoms with E-state index in [0.717, 1.165) is 17.8 Å². The maximum Gasteiger partial charge on any atom is 0.0468 e. The van der Waals surface area contributed by atoms with Crippen LogP contribution in [-0.2, 0) is 0 Å². The van der Waals surface area contributed by atoms with Crippen molar-refractivity contribution in [2.45, 2.75) is 19.3 Å². The highest BCUT2D eigenvalue weighted by Gasteiger charge is 2.19. The van der Waals surface area contributed by atoms with Crippen LogP contribution in [0.2, 0.25) is 0 Å². The summed E-state index contributed by atoms with van der Waals surface area (Å²) in [6, 6.07) is 56.0. The van der Waals surface area contributed by atoms with Crippen molar-refractivity contribution in [3.63, 3.8) is 0 Å². The van der Waals surface area contributed by atoms with Gasteiger partial charge in [0.05, 0.1) is 0 Å². The van der Waals surface area contributed by atoms with E-state index in [1.165, 1.54) is 71.0 Å². The molecule has 1 nitrogen and oxygen atoms in total. The SMILES string of the molecule is CC1CC=Cc2cc(N(c3ccc(-c4cc5ccccc5c5ccccc45)cc3)c3ccc4ccc5ccccc5c4c3)ccc21. The Balaban J connectivity index is 1.22. The van der Waals surface area contributed by atoms with E-state index in [1.807, 2.05) is 0 Å². The van der Waals surface area contributed by atoms with Gasteiger partial charge in [-0.05, 0) is 120 Å². The van der Waals surface area contributed by atoms with Crippen LogP contribution >= 0.6 is 0 Å². The van der Waals surface area contributed by atoms with Crippen LogP contribution in [0.15, 0.2) is 158 Å². The average Bonchev–Trinajstić information content (AvgIpc) is 3.12. The first-order valence-electron chi connectivity index (χ1n) is 16.2. The van der Waals surface area contributed by atoms with E-state index in [2.05, 4.69) is 176 Å². The highest BCUT2D eigenvalue weighted by Crippen LogP contribution is 2.42. The van der Waals surface area contributed by atoms with Crippen molar-refractivity contribution >= 4 is 66.2 Å². The van der Waals surface area contributed by atoms with Gasteiger partial charge in [0.15, 0.2) is 0 Å². The van der Waals surface area contributed by atoms with Gasteiger partial charge in [-0.2, -0.15) is 0 Å². The summed E-state index contributed by atoms with van der Waals surface area (Å²) in [7, 11) is 0. The highest BCUT2D eigenvalue weighted by atomic mass is 15.1. The third-order valence-electron chi connectivity index (χ3n) is 9.84. The van der Waals surface area contributed by atoms with E-state index in [-0.39, 0.29) is 0 Å². The van der Waals surface area contributed by atoms with Crippen molar-refractivity contribution in [1.29, 1.82) is 0 Å². The fourth-order valence-electron chi connectivity index (χ4n) is 7.48. The molecule has 0 aliphatic heterocycles. The smallest absolute Gasteiger partial charge is 0.0468 e. The zero-order valence-corrected chi connectivity index (χ0v) is 25.8. The number of allylic oxidation sites excluding steroid dienone is 1. The molecule has 0 aromatic heterocycles. The minimum absolute atomic E-state index is 0.533. The first kappa shape index (κ1) is 26.7. The van der Waals surface area contributed by atoms with E-state index in [0.29, 0.717) is 5.92 Å². The standard InChI is InChI=1S/C45H33N/c1-30-9-8-12-34-27-37(25-26-39(30)34)46(38-24-21-32-18-17-31-10-2-4-13-40(31)45(32)29-38)36-22-19-33(20-23-36)44-28-35-11-3-5-14-41(35)42-15-6-7-16-43(42)44/h2-8,10-30H,9H2,1H3. The molecule has 0 fully saturated rings. The molecule has 8 aromatic rings. The van der Waals surface area contributed by atoms with Gasteiger partial charge in [-0.25, -0.2) is 0 Å². The molecular weight excluding hydrogens is 555 g/mol. The lowest BCUT2D eigenvalue weighted by Crippen LogP contribution is -2.11. The number of hydrogen-bond acceptors (Lipinski definition) is 1. The molecule has 8 aromatic carbocycles. The maximum atomic E-state index is 2.41. The van der Waals surface area contributed by atoms with Crippen LogP contribution < -0.4 is 4.90 Å². The second-order valence-corrected chi connectivity index (χ2v) is 12.6. The zero-order chi connectivity index (χ0) is 30.6. The summed E-state index contributed by atoms with van der Waals surface area (Å²) in [6.45, 7) is 2.32. The second kappa shape index (κ2) is 10.8. The van der Waals surface area contributed by atoms with E-state index in [9.17, 15) is 0 Å². The van der Waals surface area contributed by atoms with Gasteiger partial charge in [-0.15, -0.1) is 0 Å². The van der Waals surface area contributed by atoms with Gasteiger partial charge in [0.1, 0.15) is 0 Å². The van der Waals surface area contributed by atoms with E-state index in [1.54, 1.807) is 0 Å². The Kier molecular flexibility index (Phi) is 6.24. The van der Waals surface area contributed by atoms with Gasteiger partial charge >= 0.3 is 0 Å². The van der Waals surface area contributed by atoms with Crippen molar-refractivity contribution in [2.75, 3.05) is 4.90 Å². The van der Waals surface area contributed by atoms with Crippen LogP contribution in [0, 0.1) is 0 Å². The lowest BCUT2D eigenvalue weighted by Gasteiger charge is -2.28. The fraction of sp³-hybridized carbons (Fsp3) is 0.0667. The first-order chi connectivity index (χ1) is 22.7. The second-order valence-electron chi connectivity index (χ2n) is 12.6. The number of nitrogens with zero attached hydrogens (tertiary/aromatic N) is 1. The third kappa shape index (κ3) is 4.39. The predicted molar refractivity (Wildman–Crippen MR) is 199 cm³/mol. The molecule has 0 radical (unpaired) electrons. The number of anilines is 3. The quantitative estimate of drug-likeness (QED) is 0.185. The summed E-state index contributed by atoms with van der Waals surface area (Å²) in [5.41, 5.74) is 8.68. The van der Waals surface area contributed by atoms with Crippen molar-refractivity contribution < 1.29 is 0 Å². The van der Waals surface area contributed by atoms with Gasteiger partial charge in [0.25, 0.3) is 0 Å². The van der Waals surface area contributed by atoms with Crippen LogP contribution in [0.5, 0.6) is 0 Å². The van der Waals surface area contributed by atoms with E-state index in [4.69, 9.17) is 0 Å². The Morgan fingerprint density at radius 3 is 1.87 bits per heavy atom. The van der Waals surface area contributed by atoms with Gasteiger partial charge in [0, 0.05) is 17.1 Å². The molecule has 46 heavy (non-hydrogen) atoms. The van der Waals surface area contributed by atoms with Crippen molar-refractivity contribution in [3.05, 3.63) is 169 Å². The van der Waals surface area contributed by atoms with Crippen LogP contribution in [0.3, 0.4) is 0 Å². The first-order valence-corrected chi connectivity index (χ1v) is 16.2. The molecule has 0 saturated heterocycles. The van der Waals surface area contributed by atoms with Gasteiger partial charge in [0.2, 0.25) is 0 Å². The lowest BCUT2D eigenvalue weighted by atomic mass is 9.88. The molecule has 1 heteroatoms. The molecule has 0 heterocycles. The number of rotatable bonds is 4. The summed E-state index contributed by atoms with van der Waals surface area (Å²) in [5, 5.41) is 10.2. The van der Waals surface area contributed by atoms with E-state index < -0.39 is 0 Å². The molecule has 9 rings (SSSR count). The summed E-state index contributed by atoms with van der Waals surface area (Å²) >= 11 is 0. The molecular formula is C45H33N. The number of fused-ring (bicyclic) bond motifs is 7. The average molecular weight is 588 g/mol. The molecule has 218 valence electrons. The molecule has 0 N–H and O–H groups in total. The Bertz CT molecular complexity index is 2470. The number of hydrogen-bond donors (Lipinski definition) is 0. The predicted octanol–water partition coefficient (Wildman–Crippen LogP) is 13.0. The molecule has 1 aliphatic carbocycles. The zero-order valence-electron chi connectivity index (χ0n) is 25.8. The molecule has 1 aliphatic rings. The van der Waals surface area contributed by atoms with Gasteiger partial charge in [-0.3, -0.25) is 0 Å². The fourth-order valence-corrected chi connectivity index (χ4v) is 7.48. The monoisotopic (exact) mass is 587 g/mol. The topological polar surface area (TPSA) is 3.24 Å². The largest absolute Gasteiger partial charge is 0.310 e. The molecule has 0 amide bonds. The summed E-state index contributed by atoms with van der Waals surface area (Å²) in [6.07, 6.45) is 5.70. The van der Waals surface area contributed by atoms with Crippen molar-refractivity contribution in [1.82, 2.24) is 0 Å². The maximum absolute atomic E-state index is 2.41. The van der Waals surface area contributed by atoms with Crippen LogP contribution in [0.1, 0.15) is 30.4 Å². The molecule has 0 bridgehead atoms. The van der Waals surface area contributed by atoms with Crippen molar-refractivity contribution in [2.24, 2.45) is 0 Å². The Morgan fingerprint density at radius 2 is 1.07 bits per heavy atom. The number of benzene rings is 8. The molecule has 0 saturated carbocycles. The van der Waals surface area contributed by atoms with Crippen molar-refractivity contribution in [3.8, 4) is 11.1 Å². The highest BCUT2D eigenvalue weighted by molar-refractivity contribution is 6.14. The molecule has 1 unspecified atom stereocenters. The van der Waals surface area contributed by atoms with Crippen LogP contribution in [0.25, 0.3) is 60.3 Å². The van der Waals surface area contributed by atoms with Crippen LogP contribution in [0.4, 0.5) is 17.1 Å². The minimum Gasteiger partial charge on any atom is -0.310 e. The summed E-state index contributed by atoms with van der Waals surface area (Å²) in [5.74, 6) is 0.533. The summed E-state index contributed by atoms with van der Waals surface area (Å²) < 4.78 is 0. The lowest BCUT2D eigenvalue weighted by molar-refractivity contribution is 0.772. The van der Waals surface area contributed by atoms with Gasteiger partial charge < -0.3 is 4.90 Å². The summed E-state index contributed by atoms with van der Waals surface area (Å²) in [4.78, 5) is 2.41. The third-order valence-corrected chi connectivity index (χ3v) is 9.84. The van der Waals surface area contributed by atoms with Crippen LogP contribution in [-0.4, -0.2) is 0 Å². The Hall–Kier alpha value is -5.66. The Labute approximate surface area is 269 Å². The van der Waals surface area contributed by atoms with Gasteiger partial charge in [-0.1, -0.05) is 128 Å².